The Morgan fingerprint density at radius 2 is 2.00 bits per heavy atom. The number of aromatic nitrogens is 4. The summed E-state index contributed by atoms with van der Waals surface area (Å²) < 4.78 is 3.30. The van der Waals surface area contributed by atoms with Crippen LogP contribution in [0.25, 0.3) is 5.82 Å². The molecule has 2 aromatic rings. The van der Waals surface area contributed by atoms with E-state index in [9.17, 15) is 4.79 Å². The van der Waals surface area contributed by atoms with Crippen molar-refractivity contribution >= 4 is 0 Å². The van der Waals surface area contributed by atoms with Crippen molar-refractivity contribution in [3.05, 3.63) is 41.0 Å². The van der Waals surface area contributed by atoms with Crippen LogP contribution in [0.4, 0.5) is 0 Å². The summed E-state index contributed by atoms with van der Waals surface area (Å²) >= 11 is 0. The van der Waals surface area contributed by atoms with Gasteiger partial charge in [0.25, 0.3) is 5.56 Å². The van der Waals surface area contributed by atoms with Gasteiger partial charge < -0.3 is 4.57 Å². The van der Waals surface area contributed by atoms with E-state index in [1.165, 1.54) is 0 Å². The van der Waals surface area contributed by atoms with Gasteiger partial charge in [0.2, 0.25) is 5.82 Å². The van der Waals surface area contributed by atoms with Crippen LogP contribution in [-0.4, -0.2) is 19.1 Å². The van der Waals surface area contributed by atoms with Gasteiger partial charge in [-0.05, 0) is 13.8 Å². The molecular formula is C10H12N4O. The molecule has 0 amide bonds. The smallest absolute Gasteiger partial charge is 0.294 e. The molecule has 0 bridgehead atoms. The first-order valence-electron chi connectivity index (χ1n) is 4.79. The van der Waals surface area contributed by atoms with Gasteiger partial charge in [0.15, 0.2) is 0 Å². The van der Waals surface area contributed by atoms with Crippen molar-refractivity contribution in [2.75, 3.05) is 0 Å². The predicted molar refractivity (Wildman–Crippen MR) is 56.0 cm³/mol. The van der Waals surface area contributed by atoms with E-state index in [2.05, 4.69) is 9.97 Å². The van der Waals surface area contributed by atoms with Crippen LogP contribution in [0.5, 0.6) is 0 Å². The molecule has 2 rings (SSSR count). The maximum absolute atomic E-state index is 11.9. The molecule has 0 fully saturated rings. The van der Waals surface area contributed by atoms with E-state index < -0.39 is 0 Å². The summed E-state index contributed by atoms with van der Waals surface area (Å²) in [4.78, 5) is 20.0. The Morgan fingerprint density at radius 3 is 2.60 bits per heavy atom. The molecule has 2 aromatic heterocycles. The molecule has 0 saturated heterocycles. The van der Waals surface area contributed by atoms with Crippen LogP contribution in [0.15, 0.2) is 29.6 Å². The number of hydrogen-bond donors (Lipinski definition) is 0. The largest absolute Gasteiger partial charge is 0.311 e. The molecule has 0 radical (unpaired) electrons. The van der Waals surface area contributed by atoms with E-state index in [4.69, 9.17) is 0 Å². The molecular weight excluding hydrogens is 192 g/mol. The summed E-state index contributed by atoms with van der Waals surface area (Å²) in [5, 5.41) is 0. The molecule has 78 valence electrons. The zero-order valence-electron chi connectivity index (χ0n) is 8.71. The first kappa shape index (κ1) is 9.64. The number of hydrogen-bond acceptors (Lipinski definition) is 3. The lowest BCUT2D eigenvalue weighted by molar-refractivity contribution is 0.703. The van der Waals surface area contributed by atoms with Crippen molar-refractivity contribution in [1.29, 1.82) is 0 Å². The van der Waals surface area contributed by atoms with Crippen molar-refractivity contribution in [3.8, 4) is 5.82 Å². The molecule has 0 N–H and O–H groups in total. The molecule has 0 aliphatic carbocycles. The maximum Gasteiger partial charge on any atom is 0.294 e. The van der Waals surface area contributed by atoms with Gasteiger partial charge in [-0.2, -0.15) is 0 Å². The molecule has 0 aliphatic rings. The minimum atomic E-state index is -0.0962. The molecule has 5 heteroatoms. The Labute approximate surface area is 87.0 Å². The lowest BCUT2D eigenvalue weighted by Crippen LogP contribution is -2.24. The van der Waals surface area contributed by atoms with Crippen LogP contribution in [-0.2, 0) is 6.54 Å². The fraction of sp³-hybridized carbons (Fsp3) is 0.300. The van der Waals surface area contributed by atoms with Crippen LogP contribution in [0.3, 0.4) is 0 Å². The van der Waals surface area contributed by atoms with Gasteiger partial charge in [-0.15, -0.1) is 0 Å². The number of rotatable bonds is 2. The third-order valence-corrected chi connectivity index (χ3v) is 2.29. The highest BCUT2D eigenvalue weighted by atomic mass is 16.1. The van der Waals surface area contributed by atoms with E-state index in [0.717, 1.165) is 5.82 Å². The van der Waals surface area contributed by atoms with Gasteiger partial charge in [-0.25, -0.2) is 9.97 Å². The van der Waals surface area contributed by atoms with E-state index in [0.29, 0.717) is 12.4 Å². The molecule has 0 saturated carbocycles. The van der Waals surface area contributed by atoms with Gasteiger partial charge in [-0.1, -0.05) is 0 Å². The maximum atomic E-state index is 11.9. The summed E-state index contributed by atoms with van der Waals surface area (Å²) in [5.41, 5.74) is -0.0962. The van der Waals surface area contributed by atoms with Crippen molar-refractivity contribution in [2.45, 2.75) is 20.4 Å². The van der Waals surface area contributed by atoms with Crippen molar-refractivity contribution in [1.82, 2.24) is 19.1 Å². The second kappa shape index (κ2) is 3.68. The number of imidazole rings is 1. The van der Waals surface area contributed by atoms with Crippen LogP contribution in [0.2, 0.25) is 0 Å². The van der Waals surface area contributed by atoms with Crippen molar-refractivity contribution in [3.63, 3.8) is 0 Å². The Kier molecular flexibility index (Phi) is 2.37. The monoisotopic (exact) mass is 204 g/mol. The highest BCUT2D eigenvalue weighted by Crippen LogP contribution is 2.01. The van der Waals surface area contributed by atoms with Gasteiger partial charge in [-0.3, -0.25) is 9.36 Å². The Bertz CT molecular complexity index is 526. The average molecular weight is 204 g/mol. The quantitative estimate of drug-likeness (QED) is 0.725. The van der Waals surface area contributed by atoms with Gasteiger partial charge in [0.05, 0.1) is 0 Å². The zero-order valence-corrected chi connectivity index (χ0v) is 8.71. The summed E-state index contributed by atoms with van der Waals surface area (Å²) in [6.07, 6.45) is 6.69. The third kappa shape index (κ3) is 1.56. The van der Waals surface area contributed by atoms with Crippen LogP contribution >= 0.6 is 0 Å². The van der Waals surface area contributed by atoms with E-state index in [1.807, 2.05) is 13.8 Å². The molecule has 0 aromatic carbocycles. The Balaban J connectivity index is 2.64. The van der Waals surface area contributed by atoms with Crippen LogP contribution in [0.1, 0.15) is 12.7 Å². The predicted octanol–water partition coefficient (Wildman–Crippen LogP) is 0.757. The van der Waals surface area contributed by atoms with E-state index in [-0.39, 0.29) is 5.56 Å². The zero-order chi connectivity index (χ0) is 10.8. The van der Waals surface area contributed by atoms with Crippen LogP contribution < -0.4 is 5.56 Å². The fourth-order valence-electron chi connectivity index (χ4n) is 1.45. The molecule has 0 atom stereocenters. The van der Waals surface area contributed by atoms with Crippen LogP contribution in [0, 0.1) is 6.92 Å². The van der Waals surface area contributed by atoms with Gasteiger partial charge in [0.1, 0.15) is 5.82 Å². The highest BCUT2D eigenvalue weighted by molar-refractivity contribution is 5.20. The topological polar surface area (TPSA) is 52.7 Å². The minimum absolute atomic E-state index is 0.0962. The second-order valence-corrected chi connectivity index (χ2v) is 3.19. The summed E-state index contributed by atoms with van der Waals surface area (Å²) in [5.74, 6) is 1.16. The Hall–Kier alpha value is -1.91. The van der Waals surface area contributed by atoms with E-state index in [1.54, 1.807) is 33.9 Å². The first-order valence-corrected chi connectivity index (χ1v) is 4.79. The normalized spacial score (nSPS) is 10.5. The number of aryl methyl sites for hydroxylation is 2. The molecule has 2 heterocycles. The number of nitrogens with zero attached hydrogens (tertiary/aromatic N) is 4. The molecule has 0 spiro atoms. The lowest BCUT2D eigenvalue weighted by atomic mass is 10.5. The SMILES string of the molecule is CCn1ccnc(-n2ccnc2C)c1=O. The fourth-order valence-corrected chi connectivity index (χ4v) is 1.45. The van der Waals surface area contributed by atoms with E-state index >= 15 is 0 Å². The first-order chi connectivity index (χ1) is 7.24. The van der Waals surface area contributed by atoms with Gasteiger partial charge in [0, 0.05) is 31.3 Å². The highest BCUT2D eigenvalue weighted by Gasteiger charge is 2.07. The molecule has 5 nitrogen and oxygen atoms in total. The van der Waals surface area contributed by atoms with Crippen molar-refractivity contribution in [2.24, 2.45) is 0 Å². The lowest BCUT2D eigenvalue weighted by Gasteiger charge is -2.05. The molecule has 0 unspecified atom stereocenters. The summed E-state index contributed by atoms with van der Waals surface area (Å²) in [6, 6.07) is 0. The second-order valence-electron chi connectivity index (χ2n) is 3.19. The van der Waals surface area contributed by atoms with Gasteiger partial charge >= 0.3 is 0 Å². The Morgan fingerprint density at radius 1 is 1.27 bits per heavy atom. The summed E-state index contributed by atoms with van der Waals surface area (Å²) in [6.45, 7) is 4.40. The standard InChI is InChI=1S/C10H12N4O/c1-3-13-6-4-12-9(10(13)15)14-7-5-11-8(14)2/h4-7H,3H2,1-2H3. The minimum Gasteiger partial charge on any atom is -0.311 e. The van der Waals surface area contributed by atoms with Crippen molar-refractivity contribution < 1.29 is 0 Å². The molecule has 0 aliphatic heterocycles. The summed E-state index contributed by atoms with van der Waals surface area (Å²) in [7, 11) is 0. The third-order valence-electron chi connectivity index (χ3n) is 2.29. The molecule has 15 heavy (non-hydrogen) atoms. The average Bonchev–Trinajstić information content (AvgIpc) is 2.65.